The summed E-state index contributed by atoms with van der Waals surface area (Å²) in [6.45, 7) is 2.57. The molecular weight excluding hydrogens is 167 g/mol. The summed E-state index contributed by atoms with van der Waals surface area (Å²) >= 11 is 0. The summed E-state index contributed by atoms with van der Waals surface area (Å²) in [5, 5.41) is 0. The predicted molar refractivity (Wildman–Crippen MR) is 50.9 cm³/mol. The van der Waals surface area contributed by atoms with E-state index >= 15 is 0 Å². The first-order valence-corrected chi connectivity index (χ1v) is 5.06. The van der Waals surface area contributed by atoms with Gasteiger partial charge in [-0.05, 0) is 25.2 Å². The average molecular weight is 184 g/mol. The monoisotopic (exact) mass is 184 g/mol. The van der Waals surface area contributed by atoms with E-state index in [2.05, 4.69) is 4.90 Å². The van der Waals surface area contributed by atoms with Crippen LogP contribution in [0.1, 0.15) is 19.3 Å². The van der Waals surface area contributed by atoms with Crippen LogP contribution in [0.15, 0.2) is 11.9 Å². The molecule has 0 aromatic rings. The minimum Gasteiger partial charge on any atom is -0.328 e. The molecule has 1 aliphatic heterocycles. The lowest BCUT2D eigenvalue weighted by molar-refractivity contribution is 0.159. The van der Waals surface area contributed by atoms with E-state index in [0.29, 0.717) is 12.6 Å². The van der Waals surface area contributed by atoms with Crippen molar-refractivity contribution in [2.75, 3.05) is 19.6 Å². The zero-order valence-corrected chi connectivity index (χ0v) is 7.88. The Morgan fingerprint density at radius 3 is 2.92 bits per heavy atom. The lowest BCUT2D eigenvalue weighted by Gasteiger charge is -2.37. The van der Waals surface area contributed by atoms with Gasteiger partial charge in [-0.2, -0.15) is 0 Å². The highest BCUT2D eigenvalue weighted by atomic mass is 19.1. The second-order valence-electron chi connectivity index (χ2n) is 4.27. The molecule has 1 saturated carbocycles. The van der Waals surface area contributed by atoms with Crippen LogP contribution in [0.2, 0.25) is 0 Å². The van der Waals surface area contributed by atoms with Gasteiger partial charge in [0, 0.05) is 25.7 Å². The fourth-order valence-electron chi connectivity index (χ4n) is 2.22. The first-order valence-electron chi connectivity index (χ1n) is 5.06. The fraction of sp³-hybridized carbons (Fsp3) is 0.800. The molecule has 0 aromatic carbocycles. The molecule has 1 fully saturated rings. The maximum Gasteiger partial charge on any atom is 0.110 e. The van der Waals surface area contributed by atoms with E-state index < -0.39 is 0 Å². The predicted octanol–water partition coefficient (Wildman–Crippen LogP) is 1.28. The van der Waals surface area contributed by atoms with Gasteiger partial charge in [-0.25, -0.2) is 4.39 Å². The van der Waals surface area contributed by atoms with Gasteiger partial charge in [-0.15, -0.1) is 0 Å². The Bertz CT molecular complexity index is 209. The van der Waals surface area contributed by atoms with Crippen LogP contribution in [0.25, 0.3) is 0 Å². The third-order valence-corrected chi connectivity index (χ3v) is 2.97. The van der Waals surface area contributed by atoms with Gasteiger partial charge in [0.2, 0.25) is 0 Å². The van der Waals surface area contributed by atoms with Crippen LogP contribution < -0.4 is 5.73 Å². The second-order valence-corrected chi connectivity index (χ2v) is 4.27. The van der Waals surface area contributed by atoms with Gasteiger partial charge in [0.1, 0.15) is 5.83 Å². The van der Waals surface area contributed by atoms with Crippen molar-refractivity contribution in [2.24, 2.45) is 11.7 Å². The standard InChI is InChI=1S/C10H17FN2/c11-9-2-1-3-13(7-9)6-8-4-10(12)5-8/h2,8,10H,1,3-7,12H2. The van der Waals surface area contributed by atoms with Crippen molar-refractivity contribution in [1.29, 1.82) is 0 Å². The Hall–Kier alpha value is -0.410. The van der Waals surface area contributed by atoms with Gasteiger partial charge in [0.05, 0.1) is 0 Å². The van der Waals surface area contributed by atoms with Crippen LogP contribution >= 0.6 is 0 Å². The zero-order chi connectivity index (χ0) is 9.26. The van der Waals surface area contributed by atoms with Crippen LogP contribution in [0.5, 0.6) is 0 Å². The minimum absolute atomic E-state index is 0.0369. The Balaban J connectivity index is 1.73. The van der Waals surface area contributed by atoms with Gasteiger partial charge >= 0.3 is 0 Å². The lowest BCUT2D eigenvalue weighted by atomic mass is 9.80. The molecule has 0 aromatic heterocycles. The smallest absolute Gasteiger partial charge is 0.110 e. The van der Waals surface area contributed by atoms with Crippen molar-refractivity contribution < 1.29 is 4.39 Å². The summed E-state index contributed by atoms with van der Waals surface area (Å²) in [5.74, 6) is 0.760. The molecule has 0 radical (unpaired) electrons. The number of rotatable bonds is 2. The lowest BCUT2D eigenvalue weighted by Crippen LogP contribution is -2.43. The Morgan fingerprint density at radius 1 is 1.54 bits per heavy atom. The van der Waals surface area contributed by atoms with Crippen molar-refractivity contribution in [3.05, 3.63) is 11.9 Å². The third-order valence-electron chi connectivity index (χ3n) is 2.97. The minimum atomic E-state index is 0.0369. The number of hydrogen-bond acceptors (Lipinski definition) is 2. The summed E-state index contributed by atoms with van der Waals surface area (Å²) in [5.41, 5.74) is 5.70. The van der Waals surface area contributed by atoms with Crippen LogP contribution in [0.4, 0.5) is 4.39 Å². The molecule has 0 bridgehead atoms. The Kier molecular flexibility index (Phi) is 2.65. The van der Waals surface area contributed by atoms with E-state index in [-0.39, 0.29) is 5.83 Å². The molecule has 1 aliphatic carbocycles. The van der Waals surface area contributed by atoms with E-state index in [9.17, 15) is 4.39 Å². The van der Waals surface area contributed by atoms with E-state index in [1.807, 2.05) is 0 Å². The second kappa shape index (κ2) is 3.76. The summed E-state index contributed by atoms with van der Waals surface area (Å²) in [6, 6.07) is 0.412. The topological polar surface area (TPSA) is 29.3 Å². The third kappa shape index (κ3) is 2.29. The summed E-state index contributed by atoms with van der Waals surface area (Å²) in [6.07, 6.45) is 4.82. The normalized spacial score (nSPS) is 35.4. The molecule has 13 heavy (non-hydrogen) atoms. The molecule has 0 unspecified atom stereocenters. The molecule has 0 spiro atoms. The number of hydrogen-bond donors (Lipinski definition) is 1. The van der Waals surface area contributed by atoms with E-state index in [4.69, 9.17) is 5.73 Å². The van der Waals surface area contributed by atoms with Crippen LogP contribution in [0.3, 0.4) is 0 Å². The highest BCUT2D eigenvalue weighted by Gasteiger charge is 2.28. The quantitative estimate of drug-likeness (QED) is 0.700. The maximum absolute atomic E-state index is 12.9. The van der Waals surface area contributed by atoms with Crippen molar-refractivity contribution in [3.8, 4) is 0 Å². The fourth-order valence-corrected chi connectivity index (χ4v) is 2.22. The Morgan fingerprint density at radius 2 is 2.31 bits per heavy atom. The highest BCUT2D eigenvalue weighted by molar-refractivity contribution is 5.00. The van der Waals surface area contributed by atoms with Gasteiger partial charge in [-0.3, -0.25) is 4.90 Å². The molecule has 0 saturated heterocycles. The molecule has 1 heterocycles. The molecule has 74 valence electrons. The SMILES string of the molecule is NC1CC(CN2CCC=C(F)C2)C1. The van der Waals surface area contributed by atoms with E-state index in [1.54, 1.807) is 6.08 Å². The van der Waals surface area contributed by atoms with Gasteiger partial charge in [0.15, 0.2) is 0 Å². The van der Waals surface area contributed by atoms with Crippen LogP contribution in [-0.2, 0) is 0 Å². The molecule has 3 heteroatoms. The molecular formula is C10H17FN2. The van der Waals surface area contributed by atoms with Crippen LogP contribution in [-0.4, -0.2) is 30.6 Å². The molecule has 0 atom stereocenters. The molecule has 2 nitrogen and oxygen atoms in total. The maximum atomic E-state index is 12.9. The molecule has 0 amide bonds. The van der Waals surface area contributed by atoms with Gasteiger partial charge in [-0.1, -0.05) is 6.08 Å². The molecule has 2 N–H and O–H groups in total. The van der Waals surface area contributed by atoms with Crippen molar-refractivity contribution in [2.45, 2.75) is 25.3 Å². The summed E-state index contributed by atoms with van der Waals surface area (Å²) < 4.78 is 12.9. The van der Waals surface area contributed by atoms with Crippen molar-refractivity contribution in [1.82, 2.24) is 4.90 Å². The number of nitrogens with zero attached hydrogens (tertiary/aromatic N) is 1. The van der Waals surface area contributed by atoms with Gasteiger partial charge < -0.3 is 5.73 Å². The summed E-state index contributed by atoms with van der Waals surface area (Å²) in [7, 11) is 0. The van der Waals surface area contributed by atoms with E-state index in [0.717, 1.165) is 38.3 Å². The molecule has 2 aliphatic rings. The van der Waals surface area contributed by atoms with Crippen molar-refractivity contribution >= 4 is 0 Å². The average Bonchev–Trinajstić information content (AvgIpc) is 2.01. The zero-order valence-electron chi connectivity index (χ0n) is 7.88. The number of halogens is 1. The molecule has 2 rings (SSSR count). The van der Waals surface area contributed by atoms with Crippen molar-refractivity contribution in [3.63, 3.8) is 0 Å². The van der Waals surface area contributed by atoms with Crippen LogP contribution in [0, 0.1) is 5.92 Å². The summed E-state index contributed by atoms with van der Waals surface area (Å²) in [4.78, 5) is 2.20. The van der Waals surface area contributed by atoms with E-state index in [1.165, 1.54) is 0 Å². The highest BCUT2D eigenvalue weighted by Crippen LogP contribution is 2.27. The van der Waals surface area contributed by atoms with Gasteiger partial charge in [0.25, 0.3) is 0 Å². The first-order chi connectivity index (χ1) is 6.24. The Labute approximate surface area is 78.6 Å². The number of nitrogens with two attached hydrogens (primary N) is 1. The first kappa shape index (κ1) is 9.16. The largest absolute Gasteiger partial charge is 0.328 e.